The summed E-state index contributed by atoms with van der Waals surface area (Å²) in [4.78, 5) is 31.7. The van der Waals surface area contributed by atoms with E-state index in [-0.39, 0.29) is 16.9 Å². The molecule has 4 rings (SSSR count). The average molecular weight is 530 g/mol. The monoisotopic (exact) mass is 530 g/mol. The number of carbonyl (C=O) groups is 1. The van der Waals surface area contributed by atoms with E-state index in [0.717, 1.165) is 28.9 Å². The van der Waals surface area contributed by atoms with Gasteiger partial charge in [0.15, 0.2) is 0 Å². The van der Waals surface area contributed by atoms with Crippen LogP contribution in [0.4, 0.5) is 23.4 Å². The molecule has 0 aliphatic rings. The van der Waals surface area contributed by atoms with Crippen LogP contribution in [-0.4, -0.2) is 49.8 Å². The Labute approximate surface area is 213 Å². The van der Waals surface area contributed by atoms with Crippen LogP contribution in [0.25, 0.3) is 16.9 Å². The first-order valence-electron chi connectivity index (χ1n) is 11.2. The number of hydrogen-bond acceptors (Lipinski definition) is 7. The van der Waals surface area contributed by atoms with Gasteiger partial charge in [-0.25, -0.2) is 14.1 Å². The van der Waals surface area contributed by atoms with E-state index in [4.69, 9.17) is 0 Å². The maximum atomic E-state index is 14.5. The van der Waals surface area contributed by atoms with Crippen LogP contribution in [0, 0.1) is 5.82 Å². The molecule has 1 aromatic carbocycles. The fourth-order valence-corrected chi connectivity index (χ4v) is 3.81. The summed E-state index contributed by atoms with van der Waals surface area (Å²) in [7, 11) is 5.27. The molecule has 198 valence electrons. The quantitative estimate of drug-likeness (QED) is 0.382. The lowest BCUT2D eigenvalue weighted by Gasteiger charge is -2.18. The minimum atomic E-state index is -4.89. The maximum absolute atomic E-state index is 14.5. The van der Waals surface area contributed by atoms with E-state index in [1.807, 2.05) is 0 Å². The highest BCUT2D eigenvalue weighted by Crippen LogP contribution is 2.34. The summed E-state index contributed by atoms with van der Waals surface area (Å²) in [5.41, 5.74) is -1.12. The van der Waals surface area contributed by atoms with Crippen molar-refractivity contribution < 1.29 is 22.4 Å². The van der Waals surface area contributed by atoms with Crippen LogP contribution in [0.2, 0.25) is 0 Å². The lowest BCUT2D eigenvalue weighted by atomic mass is 10.0. The van der Waals surface area contributed by atoms with Crippen LogP contribution >= 0.6 is 0 Å². The van der Waals surface area contributed by atoms with Crippen LogP contribution in [0.1, 0.15) is 34.6 Å². The number of benzene rings is 1. The Bertz CT molecular complexity index is 1560. The SMILES string of the molecule is C[C@@H](NC(=O)c1ccc(=O)n(-c2cnc(N(C)C)c(-c3cnnn3C)c2)n1)c1cccc(C(F)(F)F)c1F. The van der Waals surface area contributed by atoms with Gasteiger partial charge in [0, 0.05) is 38.3 Å². The predicted molar refractivity (Wildman–Crippen MR) is 129 cm³/mol. The van der Waals surface area contributed by atoms with Gasteiger partial charge < -0.3 is 10.2 Å². The second kappa shape index (κ2) is 10.0. The Morgan fingerprint density at radius 3 is 2.50 bits per heavy atom. The molecule has 0 fully saturated rings. The largest absolute Gasteiger partial charge is 0.419 e. The van der Waals surface area contributed by atoms with Gasteiger partial charge in [0.2, 0.25) is 0 Å². The van der Waals surface area contributed by atoms with Crippen molar-refractivity contribution in [3.8, 4) is 16.9 Å². The van der Waals surface area contributed by atoms with Crippen LogP contribution in [0.3, 0.4) is 0 Å². The van der Waals surface area contributed by atoms with Crippen molar-refractivity contribution in [3.05, 3.63) is 81.8 Å². The predicted octanol–water partition coefficient (Wildman–Crippen LogP) is 3.14. The molecule has 0 radical (unpaired) electrons. The van der Waals surface area contributed by atoms with Gasteiger partial charge in [-0.1, -0.05) is 17.3 Å². The number of pyridine rings is 1. The number of halogens is 4. The second-order valence-electron chi connectivity index (χ2n) is 8.57. The number of rotatable bonds is 6. The van der Waals surface area contributed by atoms with Crippen molar-refractivity contribution in [1.29, 1.82) is 0 Å². The maximum Gasteiger partial charge on any atom is 0.419 e. The van der Waals surface area contributed by atoms with Gasteiger partial charge in [0.05, 0.1) is 35.4 Å². The molecule has 0 saturated carbocycles. The van der Waals surface area contributed by atoms with E-state index in [2.05, 4.69) is 25.7 Å². The Kier molecular flexibility index (Phi) is 6.98. The summed E-state index contributed by atoms with van der Waals surface area (Å²) >= 11 is 0. The Hall–Kier alpha value is -4.62. The van der Waals surface area contributed by atoms with Gasteiger partial charge in [-0.2, -0.15) is 23.0 Å². The van der Waals surface area contributed by atoms with E-state index in [1.165, 1.54) is 24.0 Å². The number of aryl methyl sites for hydroxylation is 1. The molecule has 0 spiro atoms. The molecule has 0 bridgehead atoms. The molecule has 14 heteroatoms. The van der Waals surface area contributed by atoms with Crippen LogP contribution in [0.5, 0.6) is 0 Å². The number of hydrogen-bond donors (Lipinski definition) is 1. The van der Waals surface area contributed by atoms with Crippen molar-refractivity contribution in [3.63, 3.8) is 0 Å². The van der Waals surface area contributed by atoms with Gasteiger partial charge in [0.25, 0.3) is 11.5 Å². The van der Waals surface area contributed by atoms with Gasteiger partial charge in [0.1, 0.15) is 17.3 Å². The number of aromatic nitrogens is 6. The number of amides is 1. The molecule has 3 aromatic heterocycles. The molecule has 0 aliphatic heterocycles. The summed E-state index contributed by atoms with van der Waals surface area (Å²) in [5, 5.41) is 14.3. The number of alkyl halides is 3. The van der Waals surface area contributed by atoms with Crippen molar-refractivity contribution in [2.75, 3.05) is 19.0 Å². The molecule has 1 atom stereocenters. The number of carbonyl (C=O) groups excluding carboxylic acids is 1. The average Bonchev–Trinajstić information content (AvgIpc) is 3.28. The molecular formula is C24H22F4N8O2. The zero-order chi connectivity index (χ0) is 27.8. The fraction of sp³-hybridized carbons (Fsp3) is 0.250. The molecule has 38 heavy (non-hydrogen) atoms. The highest BCUT2D eigenvalue weighted by Gasteiger charge is 2.35. The Balaban J connectivity index is 1.68. The minimum Gasteiger partial charge on any atom is -0.362 e. The third-order valence-corrected chi connectivity index (χ3v) is 5.69. The van der Waals surface area contributed by atoms with E-state index < -0.39 is 35.1 Å². The third kappa shape index (κ3) is 5.10. The Morgan fingerprint density at radius 2 is 1.87 bits per heavy atom. The molecule has 1 amide bonds. The van der Waals surface area contributed by atoms with Crippen LogP contribution in [0.15, 0.2) is 53.6 Å². The van der Waals surface area contributed by atoms with E-state index in [0.29, 0.717) is 23.1 Å². The molecule has 0 aliphatic carbocycles. The zero-order valence-corrected chi connectivity index (χ0v) is 20.7. The lowest BCUT2D eigenvalue weighted by molar-refractivity contribution is -0.140. The second-order valence-corrected chi connectivity index (χ2v) is 8.57. The summed E-state index contributed by atoms with van der Waals surface area (Å²) in [6.45, 7) is 1.34. The first kappa shape index (κ1) is 26.4. The molecule has 4 aromatic rings. The van der Waals surface area contributed by atoms with Gasteiger partial charge in [-0.15, -0.1) is 5.10 Å². The summed E-state index contributed by atoms with van der Waals surface area (Å²) in [5.74, 6) is -1.73. The molecule has 3 heterocycles. The summed E-state index contributed by atoms with van der Waals surface area (Å²) < 4.78 is 56.3. The van der Waals surface area contributed by atoms with Crippen molar-refractivity contribution >= 4 is 11.7 Å². The molecular weight excluding hydrogens is 508 g/mol. The highest BCUT2D eigenvalue weighted by molar-refractivity contribution is 5.92. The first-order valence-corrected chi connectivity index (χ1v) is 11.2. The molecule has 0 unspecified atom stereocenters. The van der Waals surface area contributed by atoms with E-state index in [9.17, 15) is 27.2 Å². The topological polar surface area (TPSA) is 111 Å². The van der Waals surface area contributed by atoms with Gasteiger partial charge in [-0.3, -0.25) is 9.59 Å². The molecule has 1 N–H and O–H groups in total. The van der Waals surface area contributed by atoms with Crippen molar-refractivity contribution in [2.45, 2.75) is 19.1 Å². The summed E-state index contributed by atoms with van der Waals surface area (Å²) in [6, 6.07) is 5.61. The standard InChI is InChI=1S/C24H22F4N8O2/c1-13(15-6-5-7-17(21(15)25)24(26,27)28)31-23(38)18-8-9-20(37)36(32-18)14-10-16(19-12-30-33-35(19)4)22(29-11-14)34(2)3/h5-13H,1-4H3,(H,31,38)/t13-/m1/s1. The molecule has 0 saturated heterocycles. The highest BCUT2D eigenvalue weighted by atomic mass is 19.4. The zero-order valence-electron chi connectivity index (χ0n) is 20.7. The smallest absolute Gasteiger partial charge is 0.362 e. The lowest BCUT2D eigenvalue weighted by Crippen LogP contribution is -2.31. The Morgan fingerprint density at radius 1 is 1.13 bits per heavy atom. The van der Waals surface area contributed by atoms with E-state index >= 15 is 0 Å². The van der Waals surface area contributed by atoms with E-state index in [1.54, 1.807) is 32.1 Å². The summed E-state index contributed by atoms with van der Waals surface area (Å²) in [6.07, 6.45) is -1.96. The van der Waals surface area contributed by atoms with Crippen molar-refractivity contribution in [1.82, 2.24) is 35.1 Å². The number of anilines is 1. The van der Waals surface area contributed by atoms with Crippen molar-refractivity contribution in [2.24, 2.45) is 7.05 Å². The van der Waals surface area contributed by atoms with Crippen LogP contribution in [-0.2, 0) is 13.2 Å². The van der Waals surface area contributed by atoms with Gasteiger partial charge in [-0.05, 0) is 25.1 Å². The van der Waals surface area contributed by atoms with Gasteiger partial charge >= 0.3 is 6.18 Å². The first-order chi connectivity index (χ1) is 17.9. The normalized spacial score (nSPS) is 12.3. The molecule has 10 nitrogen and oxygen atoms in total. The fourth-order valence-electron chi connectivity index (χ4n) is 3.81. The third-order valence-electron chi connectivity index (χ3n) is 5.69. The minimum absolute atomic E-state index is 0.218. The van der Waals surface area contributed by atoms with Crippen LogP contribution < -0.4 is 15.8 Å². The number of nitrogens with zero attached hydrogens (tertiary/aromatic N) is 7. The number of nitrogens with one attached hydrogen (secondary N) is 1.